The number of benzene rings is 3. The molecule has 4 rings (SSSR count). The quantitative estimate of drug-likeness (QED) is 0.614. The molecule has 0 radical (unpaired) electrons. The Labute approximate surface area is 181 Å². The minimum Gasteiger partial charge on any atom is -0.465 e. The van der Waals surface area contributed by atoms with E-state index in [1.54, 1.807) is 25.1 Å². The minimum absolute atomic E-state index is 0.178. The van der Waals surface area contributed by atoms with Gasteiger partial charge in [0.05, 0.1) is 18.8 Å². The minimum atomic E-state index is -0.930. The normalized spacial score (nSPS) is 14.7. The van der Waals surface area contributed by atoms with Crippen LogP contribution in [0, 0.1) is 0 Å². The van der Waals surface area contributed by atoms with E-state index >= 15 is 0 Å². The number of hydrogen-bond acceptors (Lipinski definition) is 4. The lowest BCUT2D eigenvalue weighted by Crippen LogP contribution is -2.11. The van der Waals surface area contributed by atoms with Gasteiger partial charge in [-0.1, -0.05) is 78.9 Å². The summed E-state index contributed by atoms with van der Waals surface area (Å²) in [7, 11) is 1.33. The van der Waals surface area contributed by atoms with E-state index in [9.17, 15) is 14.7 Å². The monoisotopic (exact) mass is 410 g/mol. The third kappa shape index (κ3) is 3.62. The zero-order chi connectivity index (χ0) is 22.0. The number of carbonyl (C=O) groups is 2. The highest BCUT2D eigenvalue weighted by molar-refractivity contribution is 6.52. The van der Waals surface area contributed by atoms with E-state index in [1.807, 2.05) is 66.7 Å². The maximum Gasteiger partial charge on any atom is 0.338 e. The first kappa shape index (κ1) is 20.5. The first-order valence-electron chi connectivity index (χ1n) is 10.0. The van der Waals surface area contributed by atoms with E-state index in [-0.39, 0.29) is 5.78 Å². The second kappa shape index (κ2) is 8.54. The Morgan fingerprint density at radius 1 is 0.774 bits per heavy atom. The highest BCUT2D eigenvalue weighted by atomic mass is 16.5. The molecule has 0 bridgehead atoms. The topological polar surface area (TPSA) is 63.6 Å². The smallest absolute Gasteiger partial charge is 0.338 e. The third-order valence-corrected chi connectivity index (χ3v) is 5.39. The van der Waals surface area contributed by atoms with Crippen LogP contribution in [0.15, 0.2) is 90.5 Å². The number of aliphatic hydroxyl groups excluding tert-OH is 1. The molecule has 0 amide bonds. The van der Waals surface area contributed by atoms with Gasteiger partial charge >= 0.3 is 5.97 Å². The molecule has 4 nitrogen and oxygen atoms in total. The second-order valence-corrected chi connectivity index (χ2v) is 7.31. The summed E-state index contributed by atoms with van der Waals surface area (Å²) in [6, 6.07) is 25.7. The van der Waals surface area contributed by atoms with Gasteiger partial charge in [0.15, 0.2) is 5.78 Å². The number of hydrogen-bond donors (Lipinski definition) is 1. The van der Waals surface area contributed by atoms with Crippen molar-refractivity contribution in [1.29, 1.82) is 0 Å². The number of esters is 1. The fourth-order valence-electron chi connectivity index (χ4n) is 4.08. The Balaban J connectivity index is 2.09. The van der Waals surface area contributed by atoms with E-state index in [4.69, 9.17) is 4.74 Å². The molecule has 31 heavy (non-hydrogen) atoms. The van der Waals surface area contributed by atoms with E-state index in [1.165, 1.54) is 7.11 Å². The second-order valence-electron chi connectivity index (χ2n) is 7.31. The molecule has 0 heterocycles. The molecule has 1 aliphatic carbocycles. The van der Waals surface area contributed by atoms with Crippen molar-refractivity contribution in [2.45, 2.75) is 13.0 Å². The molecule has 154 valence electrons. The molecule has 0 aromatic heterocycles. The first-order valence-corrected chi connectivity index (χ1v) is 10.0. The average molecular weight is 410 g/mol. The Bertz CT molecular complexity index is 1200. The summed E-state index contributed by atoms with van der Waals surface area (Å²) in [5.74, 6) is -0.677. The summed E-state index contributed by atoms with van der Waals surface area (Å²) in [6.45, 7) is 1.64. The average Bonchev–Trinajstić information content (AvgIpc) is 3.12. The van der Waals surface area contributed by atoms with Crippen molar-refractivity contribution in [3.63, 3.8) is 0 Å². The maximum atomic E-state index is 13.8. The van der Waals surface area contributed by atoms with Gasteiger partial charge in [-0.05, 0) is 29.7 Å². The van der Waals surface area contributed by atoms with E-state index in [0.717, 1.165) is 11.1 Å². The molecular weight excluding hydrogens is 388 g/mol. The van der Waals surface area contributed by atoms with Crippen molar-refractivity contribution < 1.29 is 19.4 Å². The fourth-order valence-corrected chi connectivity index (χ4v) is 4.08. The van der Waals surface area contributed by atoms with Gasteiger partial charge in [-0.2, -0.15) is 0 Å². The molecule has 3 aromatic rings. The van der Waals surface area contributed by atoms with Crippen LogP contribution >= 0.6 is 0 Å². The summed E-state index contributed by atoms with van der Waals surface area (Å²) in [4.78, 5) is 26.3. The van der Waals surface area contributed by atoms with E-state index < -0.39 is 12.1 Å². The lowest BCUT2D eigenvalue weighted by Gasteiger charge is -2.17. The standard InChI is InChI=1S/C27H22O4/c1-17(28)22-23(18-11-5-3-6-12-18)26(29)24(19-13-7-4-8-14-19)25(22)20-15-9-10-16-21(20)27(30)31-2/h3-17,28H,1-2H3. The van der Waals surface area contributed by atoms with Gasteiger partial charge < -0.3 is 9.84 Å². The van der Waals surface area contributed by atoms with Crippen LogP contribution in [-0.4, -0.2) is 30.1 Å². The summed E-state index contributed by atoms with van der Waals surface area (Å²) in [5.41, 5.74) is 4.33. The predicted molar refractivity (Wildman–Crippen MR) is 121 cm³/mol. The molecule has 1 aliphatic rings. The Kier molecular flexibility index (Phi) is 5.65. The Morgan fingerprint density at radius 3 is 1.84 bits per heavy atom. The number of methoxy groups -OCH3 is 1. The highest BCUT2D eigenvalue weighted by Crippen LogP contribution is 2.47. The van der Waals surface area contributed by atoms with E-state index in [0.29, 0.717) is 33.4 Å². The van der Waals surface area contributed by atoms with Crippen molar-refractivity contribution in [2.24, 2.45) is 0 Å². The first-order chi connectivity index (χ1) is 15.0. The number of ether oxygens (including phenoxy) is 1. The Morgan fingerprint density at radius 2 is 1.29 bits per heavy atom. The molecule has 0 saturated heterocycles. The molecule has 1 unspecified atom stereocenters. The van der Waals surface area contributed by atoms with Crippen molar-refractivity contribution in [2.75, 3.05) is 7.11 Å². The van der Waals surface area contributed by atoms with Gasteiger partial charge in [-0.25, -0.2) is 4.79 Å². The lowest BCUT2D eigenvalue weighted by atomic mass is 9.88. The Hall–Kier alpha value is -3.76. The largest absolute Gasteiger partial charge is 0.465 e. The molecule has 3 aromatic carbocycles. The molecule has 0 aliphatic heterocycles. The molecule has 1 N–H and O–H groups in total. The molecule has 4 heteroatoms. The van der Waals surface area contributed by atoms with Crippen molar-refractivity contribution >= 4 is 28.5 Å². The van der Waals surface area contributed by atoms with Gasteiger partial charge in [0, 0.05) is 22.3 Å². The van der Waals surface area contributed by atoms with Gasteiger partial charge in [-0.15, -0.1) is 0 Å². The number of ketones is 1. The van der Waals surface area contributed by atoms with Crippen LogP contribution in [0.5, 0.6) is 0 Å². The van der Waals surface area contributed by atoms with Crippen LogP contribution in [-0.2, 0) is 9.53 Å². The van der Waals surface area contributed by atoms with Gasteiger partial charge in [0.1, 0.15) is 0 Å². The molecule has 0 saturated carbocycles. The summed E-state index contributed by atoms with van der Waals surface area (Å²) < 4.78 is 4.99. The van der Waals surface area contributed by atoms with Gasteiger partial charge in [0.2, 0.25) is 0 Å². The summed E-state index contributed by atoms with van der Waals surface area (Å²) in [5, 5.41) is 10.8. The summed E-state index contributed by atoms with van der Waals surface area (Å²) >= 11 is 0. The zero-order valence-electron chi connectivity index (χ0n) is 17.3. The van der Waals surface area contributed by atoms with Crippen LogP contribution in [0.3, 0.4) is 0 Å². The van der Waals surface area contributed by atoms with Crippen LogP contribution in [0.2, 0.25) is 0 Å². The van der Waals surface area contributed by atoms with Crippen LogP contribution in [0.25, 0.3) is 16.7 Å². The number of Topliss-reactive ketones (excluding diaryl/α,β-unsaturated/α-hetero) is 1. The number of allylic oxidation sites excluding steroid dienone is 2. The van der Waals surface area contributed by atoms with Crippen LogP contribution in [0.4, 0.5) is 0 Å². The van der Waals surface area contributed by atoms with Crippen molar-refractivity contribution in [3.05, 3.63) is 113 Å². The number of rotatable bonds is 5. The number of carbonyl (C=O) groups excluding carboxylic acids is 2. The molecular formula is C27H22O4. The van der Waals surface area contributed by atoms with Crippen LogP contribution < -0.4 is 0 Å². The van der Waals surface area contributed by atoms with Crippen molar-refractivity contribution in [1.82, 2.24) is 0 Å². The van der Waals surface area contributed by atoms with Gasteiger partial charge in [0.25, 0.3) is 0 Å². The van der Waals surface area contributed by atoms with Gasteiger partial charge in [-0.3, -0.25) is 4.79 Å². The fraction of sp³-hybridized carbons (Fsp3) is 0.111. The predicted octanol–water partition coefficient (Wildman–Crippen LogP) is 4.80. The third-order valence-electron chi connectivity index (χ3n) is 5.39. The lowest BCUT2D eigenvalue weighted by molar-refractivity contribution is -0.108. The molecule has 0 spiro atoms. The van der Waals surface area contributed by atoms with Crippen LogP contribution in [0.1, 0.15) is 34.0 Å². The van der Waals surface area contributed by atoms with Crippen molar-refractivity contribution in [3.8, 4) is 0 Å². The molecule has 0 fully saturated rings. The zero-order valence-corrected chi connectivity index (χ0v) is 17.3. The summed E-state index contributed by atoms with van der Waals surface area (Å²) in [6.07, 6.45) is -0.930. The number of aliphatic hydroxyl groups is 1. The highest BCUT2D eigenvalue weighted by Gasteiger charge is 2.37. The molecule has 1 atom stereocenters. The maximum absolute atomic E-state index is 13.8. The van der Waals surface area contributed by atoms with E-state index in [2.05, 4.69) is 0 Å². The SMILES string of the molecule is COC(=O)c1ccccc1C1=C(c2ccccc2)C(=O)C(c2ccccc2)=C1C(C)O.